The number of rotatable bonds is 3. The zero-order chi connectivity index (χ0) is 17.0. The first-order valence-corrected chi connectivity index (χ1v) is 8.50. The molecule has 1 fully saturated rings. The highest BCUT2D eigenvalue weighted by Gasteiger charge is 2.25. The van der Waals surface area contributed by atoms with Gasteiger partial charge in [-0.3, -0.25) is 0 Å². The fourth-order valence-electron chi connectivity index (χ4n) is 2.93. The lowest BCUT2D eigenvalue weighted by atomic mass is 9.96. The van der Waals surface area contributed by atoms with Gasteiger partial charge in [0.25, 0.3) is 0 Å². The summed E-state index contributed by atoms with van der Waals surface area (Å²) in [5.41, 5.74) is 2.16. The molecule has 1 aromatic rings. The maximum absolute atomic E-state index is 12.0. The minimum absolute atomic E-state index is 0.224. The fourth-order valence-corrected chi connectivity index (χ4v) is 2.93. The van der Waals surface area contributed by atoms with Gasteiger partial charge in [0, 0.05) is 32.4 Å². The quantitative estimate of drug-likeness (QED) is 0.842. The Morgan fingerprint density at radius 1 is 1.22 bits per heavy atom. The second-order valence-corrected chi connectivity index (χ2v) is 7.63. The zero-order valence-electron chi connectivity index (χ0n) is 15.1. The molecule has 128 valence electrons. The van der Waals surface area contributed by atoms with Gasteiger partial charge in [-0.15, -0.1) is 0 Å². The Morgan fingerprint density at radius 3 is 2.30 bits per heavy atom. The molecule has 4 nitrogen and oxygen atoms in total. The summed E-state index contributed by atoms with van der Waals surface area (Å²) in [6.07, 6.45) is 2.00. The molecule has 1 saturated heterocycles. The molecular formula is C19H30N2O2. The molecule has 1 aliphatic rings. The lowest BCUT2D eigenvalue weighted by Crippen LogP contribution is -2.41. The average molecular weight is 318 g/mol. The first-order chi connectivity index (χ1) is 10.7. The molecule has 2 rings (SSSR count). The van der Waals surface area contributed by atoms with Gasteiger partial charge in [0.05, 0.1) is 0 Å². The second kappa shape index (κ2) is 7.24. The van der Waals surface area contributed by atoms with Crippen LogP contribution in [0.2, 0.25) is 0 Å². The predicted molar refractivity (Wildman–Crippen MR) is 95.0 cm³/mol. The van der Waals surface area contributed by atoms with Crippen LogP contribution in [0, 0.1) is 12.8 Å². The predicted octanol–water partition coefficient (Wildman–Crippen LogP) is 4.08. The normalized spacial score (nSPS) is 16.3. The van der Waals surface area contributed by atoms with Crippen molar-refractivity contribution in [2.45, 2.75) is 46.1 Å². The number of hydrogen-bond acceptors (Lipinski definition) is 3. The van der Waals surface area contributed by atoms with E-state index in [4.69, 9.17) is 4.74 Å². The van der Waals surface area contributed by atoms with Gasteiger partial charge in [-0.25, -0.2) is 4.79 Å². The third-order valence-electron chi connectivity index (χ3n) is 4.25. The fraction of sp³-hybridized carbons (Fsp3) is 0.632. The van der Waals surface area contributed by atoms with Crippen molar-refractivity contribution in [1.82, 2.24) is 4.90 Å². The van der Waals surface area contributed by atoms with Crippen molar-refractivity contribution in [2.24, 2.45) is 5.92 Å². The van der Waals surface area contributed by atoms with E-state index in [1.165, 1.54) is 11.3 Å². The molecule has 4 heteroatoms. The van der Waals surface area contributed by atoms with Gasteiger partial charge in [-0.05, 0) is 58.6 Å². The van der Waals surface area contributed by atoms with Crippen molar-refractivity contribution in [2.75, 3.05) is 31.6 Å². The number of aryl methyl sites for hydroxylation is 1. The van der Waals surface area contributed by atoms with E-state index < -0.39 is 5.60 Å². The molecule has 0 unspecified atom stereocenters. The number of carbonyl (C=O) groups excluding carboxylic acids is 1. The molecule has 0 spiro atoms. The van der Waals surface area contributed by atoms with E-state index in [-0.39, 0.29) is 6.09 Å². The summed E-state index contributed by atoms with van der Waals surface area (Å²) in [6.45, 7) is 10.7. The highest BCUT2D eigenvalue weighted by molar-refractivity contribution is 5.67. The molecular weight excluding hydrogens is 288 g/mol. The Bertz CT molecular complexity index is 511. The topological polar surface area (TPSA) is 32.8 Å². The monoisotopic (exact) mass is 318 g/mol. The van der Waals surface area contributed by atoms with Crippen molar-refractivity contribution >= 4 is 11.8 Å². The van der Waals surface area contributed by atoms with Crippen molar-refractivity contribution in [1.29, 1.82) is 0 Å². The Labute approximate surface area is 140 Å². The van der Waals surface area contributed by atoms with E-state index in [9.17, 15) is 4.79 Å². The number of hydrogen-bond donors (Lipinski definition) is 0. The molecule has 1 heterocycles. The standard InChI is InChI=1S/C19H30N2O2/c1-15-6-8-17(9-7-15)21-12-10-16(11-13-21)14-20(5)18(22)23-19(2,3)4/h6-9,16H,10-14H2,1-5H3. The van der Waals surface area contributed by atoms with Crippen LogP contribution in [0.25, 0.3) is 0 Å². The number of carbonyl (C=O) groups is 1. The average Bonchev–Trinajstić information content (AvgIpc) is 2.47. The van der Waals surface area contributed by atoms with Crippen molar-refractivity contribution < 1.29 is 9.53 Å². The summed E-state index contributed by atoms with van der Waals surface area (Å²) < 4.78 is 5.42. The van der Waals surface area contributed by atoms with Gasteiger partial charge in [0.1, 0.15) is 5.60 Å². The van der Waals surface area contributed by atoms with Crippen LogP contribution in [0.4, 0.5) is 10.5 Å². The molecule has 0 saturated carbocycles. The van der Waals surface area contributed by atoms with Crippen LogP contribution < -0.4 is 4.90 Å². The summed E-state index contributed by atoms with van der Waals surface area (Å²) >= 11 is 0. The molecule has 1 amide bonds. The van der Waals surface area contributed by atoms with Gasteiger partial charge >= 0.3 is 6.09 Å². The van der Waals surface area contributed by atoms with Crippen LogP contribution in [0.3, 0.4) is 0 Å². The van der Waals surface area contributed by atoms with Gasteiger partial charge in [0.2, 0.25) is 0 Å². The smallest absolute Gasteiger partial charge is 0.410 e. The first kappa shape index (κ1) is 17.6. The lowest BCUT2D eigenvalue weighted by molar-refractivity contribution is 0.0266. The third kappa shape index (κ3) is 5.45. The molecule has 1 aromatic carbocycles. The summed E-state index contributed by atoms with van der Waals surface area (Å²) in [6, 6.07) is 8.72. The molecule has 0 N–H and O–H groups in total. The number of benzene rings is 1. The first-order valence-electron chi connectivity index (χ1n) is 8.50. The second-order valence-electron chi connectivity index (χ2n) is 7.63. The van der Waals surface area contributed by atoms with E-state index in [0.717, 1.165) is 32.5 Å². The number of nitrogens with zero attached hydrogens (tertiary/aromatic N) is 2. The number of anilines is 1. The maximum atomic E-state index is 12.0. The maximum Gasteiger partial charge on any atom is 0.410 e. The molecule has 0 aromatic heterocycles. The van der Waals surface area contributed by atoms with Gasteiger partial charge in [0.15, 0.2) is 0 Å². The van der Waals surface area contributed by atoms with Crippen molar-refractivity contribution in [3.63, 3.8) is 0 Å². The van der Waals surface area contributed by atoms with Gasteiger partial charge in [-0.2, -0.15) is 0 Å². The van der Waals surface area contributed by atoms with E-state index in [1.807, 2.05) is 27.8 Å². The molecule has 0 atom stereocenters. The SMILES string of the molecule is Cc1ccc(N2CCC(CN(C)C(=O)OC(C)(C)C)CC2)cc1. The largest absolute Gasteiger partial charge is 0.444 e. The molecule has 0 bridgehead atoms. The summed E-state index contributed by atoms with van der Waals surface area (Å²) in [5, 5.41) is 0. The van der Waals surface area contributed by atoms with E-state index in [2.05, 4.69) is 36.1 Å². The Balaban J connectivity index is 1.80. The number of amides is 1. The Kier molecular flexibility index (Phi) is 5.55. The summed E-state index contributed by atoms with van der Waals surface area (Å²) in [7, 11) is 1.83. The minimum atomic E-state index is -0.430. The third-order valence-corrected chi connectivity index (χ3v) is 4.25. The highest BCUT2D eigenvalue weighted by Crippen LogP contribution is 2.24. The van der Waals surface area contributed by atoms with Crippen molar-refractivity contribution in [3.05, 3.63) is 29.8 Å². The summed E-state index contributed by atoms with van der Waals surface area (Å²) in [5.74, 6) is 0.550. The molecule has 1 aliphatic heterocycles. The molecule has 0 aliphatic carbocycles. The summed E-state index contributed by atoms with van der Waals surface area (Å²) in [4.78, 5) is 16.2. The highest BCUT2D eigenvalue weighted by atomic mass is 16.6. The number of ether oxygens (including phenoxy) is 1. The van der Waals surface area contributed by atoms with Gasteiger partial charge < -0.3 is 14.5 Å². The van der Waals surface area contributed by atoms with E-state index in [1.54, 1.807) is 4.90 Å². The van der Waals surface area contributed by atoms with E-state index >= 15 is 0 Å². The Morgan fingerprint density at radius 2 is 1.78 bits per heavy atom. The van der Waals surface area contributed by atoms with Gasteiger partial charge in [-0.1, -0.05) is 17.7 Å². The minimum Gasteiger partial charge on any atom is -0.444 e. The number of piperidine rings is 1. The van der Waals surface area contributed by atoms with Crippen LogP contribution in [-0.2, 0) is 4.74 Å². The zero-order valence-corrected chi connectivity index (χ0v) is 15.1. The van der Waals surface area contributed by atoms with Crippen LogP contribution in [0.1, 0.15) is 39.2 Å². The lowest BCUT2D eigenvalue weighted by Gasteiger charge is -2.35. The van der Waals surface area contributed by atoms with Crippen LogP contribution in [0.15, 0.2) is 24.3 Å². The molecule has 0 radical (unpaired) electrons. The van der Waals surface area contributed by atoms with Crippen LogP contribution in [-0.4, -0.2) is 43.3 Å². The van der Waals surface area contributed by atoms with Crippen LogP contribution >= 0.6 is 0 Å². The van der Waals surface area contributed by atoms with Crippen LogP contribution in [0.5, 0.6) is 0 Å². The Hall–Kier alpha value is -1.71. The van der Waals surface area contributed by atoms with Crippen molar-refractivity contribution in [3.8, 4) is 0 Å². The van der Waals surface area contributed by atoms with E-state index in [0.29, 0.717) is 5.92 Å². The molecule has 23 heavy (non-hydrogen) atoms.